The number of benzene rings is 2. The monoisotopic (exact) mass is 502 g/mol. The first-order valence-electron chi connectivity index (χ1n) is 11.3. The fourth-order valence-corrected chi connectivity index (χ4v) is 4.33. The molecule has 35 heavy (non-hydrogen) atoms. The molecule has 0 radical (unpaired) electrons. The molecule has 1 aliphatic heterocycles. The van der Waals surface area contributed by atoms with E-state index in [4.69, 9.17) is 11.6 Å². The van der Waals surface area contributed by atoms with Crippen LogP contribution in [0, 0.1) is 0 Å². The van der Waals surface area contributed by atoms with Crippen molar-refractivity contribution in [1.29, 1.82) is 0 Å². The van der Waals surface area contributed by atoms with Gasteiger partial charge in [-0.05, 0) is 53.4 Å². The van der Waals surface area contributed by atoms with E-state index in [-0.39, 0.29) is 18.0 Å². The highest BCUT2D eigenvalue weighted by Gasteiger charge is 2.36. The van der Waals surface area contributed by atoms with Crippen molar-refractivity contribution in [3.63, 3.8) is 0 Å². The summed E-state index contributed by atoms with van der Waals surface area (Å²) in [5, 5.41) is 7.06. The van der Waals surface area contributed by atoms with Gasteiger partial charge in [0.05, 0.1) is 11.6 Å². The number of rotatable bonds is 8. The van der Waals surface area contributed by atoms with Crippen LogP contribution in [0.25, 0.3) is 0 Å². The van der Waals surface area contributed by atoms with Gasteiger partial charge in [-0.15, -0.1) is 0 Å². The second-order valence-electron chi connectivity index (χ2n) is 8.66. The third-order valence-corrected chi connectivity index (χ3v) is 6.32. The van der Waals surface area contributed by atoms with Gasteiger partial charge >= 0.3 is 6.18 Å². The quantitative estimate of drug-likeness (QED) is 0.464. The number of carbonyl (C=O) groups excluding carboxylic acids is 1. The summed E-state index contributed by atoms with van der Waals surface area (Å²) >= 11 is 6.01. The number of carbonyl (C=O) groups is 1. The summed E-state index contributed by atoms with van der Waals surface area (Å²) in [6.07, 6.45) is -0.360. The highest BCUT2D eigenvalue weighted by molar-refractivity contribution is 6.30. The summed E-state index contributed by atoms with van der Waals surface area (Å²) in [6.45, 7) is 2.03. The average molecular weight is 503 g/mol. The number of aromatic nitrogens is 1. The fourth-order valence-electron chi connectivity index (χ4n) is 4.21. The lowest BCUT2D eigenvalue weighted by Gasteiger charge is -2.23. The first-order chi connectivity index (χ1) is 16.8. The number of hydrogen-bond acceptors (Lipinski definition) is 4. The Labute approximate surface area is 207 Å². The maximum atomic E-state index is 13.1. The Morgan fingerprint density at radius 2 is 1.71 bits per heavy atom. The van der Waals surface area contributed by atoms with Crippen LogP contribution < -0.4 is 10.6 Å². The lowest BCUT2D eigenvalue weighted by atomic mass is 10.1. The Balaban J connectivity index is 1.40. The van der Waals surface area contributed by atoms with Crippen LogP contribution in [0.15, 0.2) is 73.1 Å². The fraction of sp³-hybridized carbons (Fsp3) is 0.308. The number of pyridine rings is 1. The summed E-state index contributed by atoms with van der Waals surface area (Å²) in [5.41, 5.74) is 2.05. The Hall–Kier alpha value is -2.94. The lowest BCUT2D eigenvalue weighted by Crippen LogP contribution is -2.42. The molecule has 2 N–H and O–H groups in total. The molecule has 2 aromatic carbocycles. The van der Waals surface area contributed by atoms with E-state index >= 15 is 0 Å². The molecule has 1 aliphatic rings. The maximum Gasteiger partial charge on any atom is 0.416 e. The van der Waals surface area contributed by atoms with Crippen LogP contribution in [0.2, 0.25) is 5.02 Å². The van der Waals surface area contributed by atoms with E-state index in [1.807, 2.05) is 36.4 Å². The van der Waals surface area contributed by atoms with E-state index in [0.29, 0.717) is 37.6 Å². The first kappa shape index (κ1) is 25.2. The number of likely N-dealkylation sites (tertiary alicyclic amines) is 1. The van der Waals surface area contributed by atoms with Crippen molar-refractivity contribution in [3.8, 4) is 0 Å². The zero-order chi connectivity index (χ0) is 24.8. The van der Waals surface area contributed by atoms with Crippen molar-refractivity contribution in [2.24, 2.45) is 0 Å². The number of halogens is 4. The Kier molecular flexibility index (Phi) is 8.05. The molecule has 184 valence electrons. The van der Waals surface area contributed by atoms with E-state index in [2.05, 4.69) is 20.5 Å². The van der Waals surface area contributed by atoms with Crippen LogP contribution in [0.5, 0.6) is 0 Å². The van der Waals surface area contributed by atoms with Crippen LogP contribution in [0.3, 0.4) is 0 Å². The zero-order valence-corrected chi connectivity index (χ0v) is 19.7. The highest BCUT2D eigenvalue weighted by Crippen LogP contribution is 2.29. The third kappa shape index (κ3) is 7.04. The zero-order valence-electron chi connectivity index (χ0n) is 18.9. The van der Waals surface area contributed by atoms with Gasteiger partial charge in [-0.1, -0.05) is 41.9 Å². The summed E-state index contributed by atoms with van der Waals surface area (Å²) in [4.78, 5) is 19.3. The minimum Gasteiger partial charge on any atom is -0.351 e. The summed E-state index contributed by atoms with van der Waals surface area (Å²) in [6, 6.07) is 16.1. The van der Waals surface area contributed by atoms with Crippen molar-refractivity contribution in [3.05, 3.63) is 100 Å². The van der Waals surface area contributed by atoms with E-state index in [0.717, 1.165) is 28.8 Å². The molecule has 0 bridgehead atoms. The molecule has 0 saturated carbocycles. The molecule has 4 rings (SSSR count). The van der Waals surface area contributed by atoms with E-state index < -0.39 is 11.7 Å². The van der Waals surface area contributed by atoms with Crippen molar-refractivity contribution in [2.75, 3.05) is 6.54 Å². The molecule has 0 aliphatic carbocycles. The molecule has 1 saturated heterocycles. The van der Waals surface area contributed by atoms with Crippen LogP contribution in [0.4, 0.5) is 13.2 Å². The number of amides is 1. The summed E-state index contributed by atoms with van der Waals surface area (Å²) in [7, 11) is 0. The van der Waals surface area contributed by atoms with Crippen molar-refractivity contribution >= 4 is 17.5 Å². The third-order valence-electron chi connectivity index (χ3n) is 6.07. The van der Waals surface area contributed by atoms with Crippen LogP contribution in [0.1, 0.15) is 28.7 Å². The topological polar surface area (TPSA) is 57.3 Å². The molecule has 5 nitrogen and oxygen atoms in total. The number of hydrogen-bond donors (Lipinski definition) is 2. The minimum absolute atomic E-state index is 0.0127. The van der Waals surface area contributed by atoms with Gasteiger partial charge in [0, 0.05) is 49.6 Å². The molecule has 1 amide bonds. The summed E-state index contributed by atoms with van der Waals surface area (Å²) < 4.78 is 38.4. The van der Waals surface area contributed by atoms with Gasteiger partial charge < -0.3 is 10.6 Å². The van der Waals surface area contributed by atoms with Crippen LogP contribution in [-0.2, 0) is 30.6 Å². The molecule has 0 unspecified atom stereocenters. The molecule has 1 fully saturated rings. The largest absolute Gasteiger partial charge is 0.416 e. The first-order valence-corrected chi connectivity index (χ1v) is 11.7. The number of alkyl halides is 3. The van der Waals surface area contributed by atoms with Gasteiger partial charge in [-0.3, -0.25) is 14.7 Å². The summed E-state index contributed by atoms with van der Waals surface area (Å²) in [5.74, 6) is -0.0679. The molecule has 9 heteroatoms. The Bertz CT molecular complexity index is 1110. The van der Waals surface area contributed by atoms with Gasteiger partial charge in [0.1, 0.15) is 0 Å². The van der Waals surface area contributed by atoms with E-state index in [9.17, 15) is 18.0 Å². The van der Waals surface area contributed by atoms with Crippen molar-refractivity contribution in [2.45, 2.75) is 44.3 Å². The highest BCUT2D eigenvalue weighted by atomic mass is 35.5. The normalized spacial score (nSPS) is 18.5. The smallest absolute Gasteiger partial charge is 0.351 e. The molecule has 3 aromatic rings. The molecule has 2 heterocycles. The van der Waals surface area contributed by atoms with E-state index in [1.54, 1.807) is 12.4 Å². The standard InChI is InChI=1S/C26H26ClF3N4O/c27-22-9-5-19(6-10-22)16-34-17-23(32-14-18-3-7-21(8-4-18)26(28,29)30)12-24(34)25(35)33-15-20-2-1-11-31-13-20/h1-11,13,23-24,32H,12,14-17H2,(H,33,35)/t23-,24-/m0/s1. The van der Waals surface area contributed by atoms with Gasteiger partial charge in [0.25, 0.3) is 0 Å². The lowest BCUT2D eigenvalue weighted by molar-refractivity contribution is -0.137. The van der Waals surface area contributed by atoms with Gasteiger partial charge in [0.15, 0.2) is 0 Å². The predicted octanol–water partition coefficient (Wildman–Crippen LogP) is 4.80. The molecule has 2 atom stereocenters. The van der Waals surface area contributed by atoms with Gasteiger partial charge in [-0.25, -0.2) is 0 Å². The SMILES string of the molecule is O=C(NCc1cccnc1)[C@@H]1C[C@H](NCc2ccc(C(F)(F)F)cc2)CN1Cc1ccc(Cl)cc1. The molecular weight excluding hydrogens is 477 g/mol. The van der Waals surface area contributed by atoms with Crippen molar-refractivity contribution < 1.29 is 18.0 Å². The molecule has 1 aromatic heterocycles. The predicted molar refractivity (Wildman–Crippen MR) is 128 cm³/mol. The average Bonchev–Trinajstić information content (AvgIpc) is 3.26. The number of nitrogens with one attached hydrogen (secondary N) is 2. The Morgan fingerprint density at radius 1 is 1.00 bits per heavy atom. The maximum absolute atomic E-state index is 13.1. The van der Waals surface area contributed by atoms with Gasteiger partial charge in [0.2, 0.25) is 5.91 Å². The Morgan fingerprint density at radius 3 is 2.37 bits per heavy atom. The molecule has 0 spiro atoms. The van der Waals surface area contributed by atoms with Crippen LogP contribution >= 0.6 is 11.6 Å². The van der Waals surface area contributed by atoms with Crippen molar-refractivity contribution in [1.82, 2.24) is 20.5 Å². The minimum atomic E-state index is -4.35. The number of nitrogens with zero attached hydrogens (tertiary/aromatic N) is 2. The molecular formula is C26H26ClF3N4O. The second kappa shape index (κ2) is 11.2. The second-order valence-corrected chi connectivity index (χ2v) is 9.10. The van der Waals surface area contributed by atoms with E-state index in [1.165, 1.54) is 12.1 Å². The van der Waals surface area contributed by atoms with Gasteiger partial charge in [-0.2, -0.15) is 13.2 Å². The van der Waals surface area contributed by atoms with Crippen LogP contribution in [-0.4, -0.2) is 34.4 Å².